The summed E-state index contributed by atoms with van der Waals surface area (Å²) in [7, 11) is 1.63. The zero-order chi connectivity index (χ0) is 24.1. The summed E-state index contributed by atoms with van der Waals surface area (Å²) in [5.41, 5.74) is 1.83. The first-order valence-electron chi connectivity index (χ1n) is 11.8. The Morgan fingerprint density at radius 3 is 2.47 bits per heavy atom. The van der Waals surface area contributed by atoms with E-state index in [0.717, 1.165) is 17.0 Å². The van der Waals surface area contributed by atoms with Crippen molar-refractivity contribution in [2.75, 3.05) is 51.4 Å². The molecule has 2 aliphatic heterocycles. The number of nitrogens with zero attached hydrogens (tertiary/aromatic N) is 2. The molecule has 2 aromatic rings. The van der Waals surface area contributed by atoms with Crippen molar-refractivity contribution in [1.29, 1.82) is 0 Å². The minimum Gasteiger partial charge on any atom is -0.497 e. The van der Waals surface area contributed by atoms with Crippen molar-refractivity contribution in [3.05, 3.63) is 54.1 Å². The smallest absolute Gasteiger partial charge is 0.265 e. The molecular formula is C26H33N3O5. The van der Waals surface area contributed by atoms with Gasteiger partial charge in [-0.3, -0.25) is 9.59 Å². The second-order valence-corrected chi connectivity index (χ2v) is 8.95. The summed E-state index contributed by atoms with van der Waals surface area (Å²) in [5.74, 6) is 1.41. The van der Waals surface area contributed by atoms with E-state index in [1.165, 1.54) is 0 Å². The van der Waals surface area contributed by atoms with Gasteiger partial charge in [0.2, 0.25) is 5.91 Å². The van der Waals surface area contributed by atoms with Gasteiger partial charge >= 0.3 is 0 Å². The molecule has 4 rings (SSSR count). The van der Waals surface area contributed by atoms with Crippen LogP contribution in [0.4, 0.5) is 5.69 Å². The number of hydrogen-bond donors (Lipinski definition) is 1. The Hall–Kier alpha value is -3.26. The van der Waals surface area contributed by atoms with E-state index in [-0.39, 0.29) is 30.3 Å². The van der Waals surface area contributed by atoms with E-state index in [0.29, 0.717) is 38.6 Å². The standard InChI is InChI=1S/C26H33N3O5/c1-18(2)25(19-8-10-20(32-3)11-9-19)27-24(30)17-29-16-23(26(31)28-12-14-33-15-13-28)34-22-7-5-4-6-21(22)29/h4-11,18,23,25H,12-17H2,1-3H3,(H,27,30). The van der Waals surface area contributed by atoms with E-state index in [9.17, 15) is 9.59 Å². The predicted octanol–water partition coefficient (Wildman–Crippen LogP) is 2.63. The molecule has 0 radical (unpaired) electrons. The summed E-state index contributed by atoms with van der Waals surface area (Å²) in [6, 6.07) is 15.2. The number of benzene rings is 2. The number of nitrogens with one attached hydrogen (secondary N) is 1. The molecule has 1 N–H and O–H groups in total. The van der Waals surface area contributed by atoms with Gasteiger partial charge in [-0.1, -0.05) is 38.1 Å². The average Bonchev–Trinajstić information content (AvgIpc) is 2.87. The first-order valence-corrected chi connectivity index (χ1v) is 11.8. The van der Waals surface area contributed by atoms with Gasteiger partial charge in [-0.2, -0.15) is 0 Å². The fourth-order valence-electron chi connectivity index (χ4n) is 4.41. The van der Waals surface area contributed by atoms with Gasteiger partial charge in [0.1, 0.15) is 11.5 Å². The molecule has 34 heavy (non-hydrogen) atoms. The highest BCUT2D eigenvalue weighted by Gasteiger charge is 2.35. The summed E-state index contributed by atoms with van der Waals surface area (Å²) < 4.78 is 16.7. The molecule has 2 aliphatic rings. The van der Waals surface area contributed by atoms with Gasteiger partial charge in [0, 0.05) is 13.1 Å². The molecule has 2 heterocycles. The molecule has 0 aromatic heterocycles. The monoisotopic (exact) mass is 467 g/mol. The van der Waals surface area contributed by atoms with E-state index < -0.39 is 6.10 Å². The van der Waals surface area contributed by atoms with Crippen molar-refractivity contribution < 1.29 is 23.8 Å². The van der Waals surface area contributed by atoms with Crippen molar-refractivity contribution in [2.24, 2.45) is 5.92 Å². The summed E-state index contributed by atoms with van der Waals surface area (Å²) in [5, 5.41) is 3.18. The molecular weight excluding hydrogens is 434 g/mol. The van der Waals surface area contributed by atoms with Crippen LogP contribution >= 0.6 is 0 Å². The number of para-hydroxylation sites is 2. The van der Waals surface area contributed by atoms with Crippen LogP contribution in [-0.4, -0.2) is 69.3 Å². The van der Waals surface area contributed by atoms with Crippen LogP contribution in [0.5, 0.6) is 11.5 Å². The van der Waals surface area contributed by atoms with Crippen molar-refractivity contribution in [2.45, 2.75) is 26.0 Å². The SMILES string of the molecule is COc1ccc(C(NC(=O)CN2CC(C(=O)N3CCOCC3)Oc3ccccc32)C(C)C)cc1. The maximum atomic E-state index is 13.2. The first kappa shape index (κ1) is 23.9. The lowest BCUT2D eigenvalue weighted by Crippen LogP contribution is -2.54. The molecule has 0 spiro atoms. The summed E-state index contributed by atoms with van der Waals surface area (Å²) in [6.45, 7) is 6.78. The molecule has 2 atom stereocenters. The zero-order valence-electron chi connectivity index (χ0n) is 20.0. The molecule has 2 amide bonds. The number of hydrogen-bond acceptors (Lipinski definition) is 6. The summed E-state index contributed by atoms with van der Waals surface area (Å²) in [4.78, 5) is 30.0. The van der Waals surface area contributed by atoms with E-state index in [1.807, 2.05) is 53.4 Å². The minimum atomic E-state index is -0.664. The third-order valence-corrected chi connectivity index (χ3v) is 6.25. The van der Waals surface area contributed by atoms with Crippen molar-refractivity contribution in [3.63, 3.8) is 0 Å². The van der Waals surface area contributed by atoms with Crippen LogP contribution in [0, 0.1) is 5.92 Å². The number of carbonyl (C=O) groups is 2. The highest BCUT2D eigenvalue weighted by molar-refractivity contribution is 5.86. The second-order valence-electron chi connectivity index (χ2n) is 8.95. The Bertz CT molecular complexity index is 988. The third-order valence-electron chi connectivity index (χ3n) is 6.25. The lowest BCUT2D eigenvalue weighted by atomic mass is 9.96. The van der Waals surface area contributed by atoms with Crippen LogP contribution in [0.3, 0.4) is 0 Å². The molecule has 2 unspecified atom stereocenters. The maximum absolute atomic E-state index is 13.2. The zero-order valence-corrected chi connectivity index (χ0v) is 20.0. The Morgan fingerprint density at radius 1 is 1.09 bits per heavy atom. The van der Waals surface area contributed by atoms with E-state index >= 15 is 0 Å². The van der Waals surface area contributed by atoms with Gasteiger partial charge in [0.15, 0.2) is 6.10 Å². The Kier molecular flexibility index (Phi) is 7.57. The molecule has 1 fully saturated rings. The van der Waals surface area contributed by atoms with E-state index in [1.54, 1.807) is 12.0 Å². The first-order chi connectivity index (χ1) is 16.5. The topological polar surface area (TPSA) is 80.3 Å². The van der Waals surface area contributed by atoms with Crippen LogP contribution in [0.15, 0.2) is 48.5 Å². The summed E-state index contributed by atoms with van der Waals surface area (Å²) in [6.07, 6.45) is -0.664. The third kappa shape index (κ3) is 5.44. The van der Waals surface area contributed by atoms with Crippen LogP contribution in [0.25, 0.3) is 0 Å². The number of carbonyl (C=O) groups excluding carboxylic acids is 2. The maximum Gasteiger partial charge on any atom is 0.265 e. The normalized spacial score (nSPS) is 18.6. The van der Waals surface area contributed by atoms with Gasteiger partial charge in [-0.05, 0) is 35.7 Å². The molecule has 0 saturated carbocycles. The molecule has 8 heteroatoms. The van der Waals surface area contributed by atoms with Crippen molar-refractivity contribution in [3.8, 4) is 11.5 Å². The predicted molar refractivity (Wildman–Crippen MR) is 129 cm³/mol. The van der Waals surface area contributed by atoms with Crippen molar-refractivity contribution in [1.82, 2.24) is 10.2 Å². The number of anilines is 1. The quantitative estimate of drug-likeness (QED) is 0.675. The number of methoxy groups -OCH3 is 1. The minimum absolute atomic E-state index is 0.0681. The lowest BCUT2D eigenvalue weighted by Gasteiger charge is -2.38. The largest absolute Gasteiger partial charge is 0.497 e. The highest BCUT2D eigenvalue weighted by atomic mass is 16.5. The van der Waals surface area contributed by atoms with Crippen LogP contribution < -0.4 is 19.7 Å². The molecule has 8 nitrogen and oxygen atoms in total. The van der Waals surface area contributed by atoms with Gasteiger partial charge in [-0.25, -0.2) is 0 Å². The van der Waals surface area contributed by atoms with E-state index in [2.05, 4.69) is 19.2 Å². The van der Waals surface area contributed by atoms with Gasteiger partial charge < -0.3 is 29.3 Å². The molecule has 2 aromatic carbocycles. The number of fused-ring (bicyclic) bond motifs is 1. The molecule has 182 valence electrons. The Morgan fingerprint density at radius 2 is 1.79 bits per heavy atom. The number of amides is 2. The van der Waals surface area contributed by atoms with E-state index in [4.69, 9.17) is 14.2 Å². The highest BCUT2D eigenvalue weighted by Crippen LogP contribution is 2.33. The van der Waals surface area contributed by atoms with Gasteiger partial charge in [-0.15, -0.1) is 0 Å². The van der Waals surface area contributed by atoms with Crippen LogP contribution in [0.1, 0.15) is 25.5 Å². The fraction of sp³-hybridized carbons (Fsp3) is 0.462. The van der Waals surface area contributed by atoms with Crippen molar-refractivity contribution >= 4 is 17.5 Å². The second kappa shape index (κ2) is 10.8. The fourth-order valence-corrected chi connectivity index (χ4v) is 4.41. The molecule has 0 bridgehead atoms. The van der Waals surface area contributed by atoms with Crippen LogP contribution in [0.2, 0.25) is 0 Å². The Balaban J connectivity index is 1.47. The molecule has 0 aliphatic carbocycles. The number of ether oxygens (including phenoxy) is 3. The average molecular weight is 468 g/mol. The number of rotatable bonds is 7. The lowest BCUT2D eigenvalue weighted by molar-refractivity contribution is -0.142. The summed E-state index contributed by atoms with van der Waals surface area (Å²) >= 11 is 0. The Labute approximate surface area is 200 Å². The van der Waals surface area contributed by atoms with Gasteiger partial charge in [0.25, 0.3) is 5.91 Å². The van der Waals surface area contributed by atoms with Gasteiger partial charge in [0.05, 0.1) is 45.1 Å². The number of morpholine rings is 1. The van der Waals surface area contributed by atoms with Crippen LogP contribution in [-0.2, 0) is 14.3 Å². The molecule has 1 saturated heterocycles.